The van der Waals surface area contributed by atoms with E-state index in [-0.39, 0.29) is 18.2 Å². The van der Waals surface area contributed by atoms with Gasteiger partial charge in [-0.05, 0) is 43.5 Å². The summed E-state index contributed by atoms with van der Waals surface area (Å²) in [5.41, 5.74) is 0. The van der Waals surface area contributed by atoms with E-state index in [4.69, 9.17) is 0 Å². The summed E-state index contributed by atoms with van der Waals surface area (Å²) in [4.78, 5) is 0. The highest BCUT2D eigenvalue weighted by atomic mass is 31.2. The average molecular weight is 313 g/mol. The molecule has 0 aromatic heterocycles. The predicted octanol–water partition coefficient (Wildman–Crippen LogP) is 2.51. The molecule has 114 valence electrons. The van der Waals surface area contributed by atoms with Crippen LogP contribution < -0.4 is 10.6 Å². The van der Waals surface area contributed by atoms with Crippen LogP contribution in [0.15, 0.2) is 60.7 Å². The first-order valence-corrected chi connectivity index (χ1v) is 9.55. The molecule has 4 rings (SSSR count). The normalized spacial score (nSPS) is 28.1. The highest BCUT2D eigenvalue weighted by Gasteiger charge is 2.53. The maximum atomic E-state index is 14.2. The lowest BCUT2D eigenvalue weighted by Gasteiger charge is -2.33. The average Bonchev–Trinajstić information content (AvgIpc) is 3.13. The van der Waals surface area contributed by atoms with Gasteiger partial charge in [0.05, 0.1) is 6.10 Å². The van der Waals surface area contributed by atoms with E-state index in [0.717, 1.165) is 29.9 Å². The highest BCUT2D eigenvalue weighted by Crippen LogP contribution is 2.58. The summed E-state index contributed by atoms with van der Waals surface area (Å²) in [6, 6.07) is 19.8. The van der Waals surface area contributed by atoms with Gasteiger partial charge < -0.3 is 5.11 Å². The monoisotopic (exact) mass is 313 g/mol. The topological polar surface area (TPSA) is 40.5 Å². The summed E-state index contributed by atoms with van der Waals surface area (Å²) in [6.45, 7) is 0. The fraction of sp³-hybridized carbons (Fsp3) is 0.333. The zero-order valence-corrected chi connectivity index (χ0v) is 13.3. The standard InChI is InChI=1S/C18H20NO2P/c20-18-13-14-11-12-17(18)19(14)22(21,15-7-3-1-4-8-15)16-9-5-2-6-10-16/h1-10,14,17-18,20H,11-13H2/t14-,17+,18+/m0/s1. The molecular weight excluding hydrogens is 293 g/mol. The van der Waals surface area contributed by atoms with Gasteiger partial charge in [0.25, 0.3) is 0 Å². The Hall–Kier alpha value is -1.41. The van der Waals surface area contributed by atoms with Crippen LogP contribution in [-0.4, -0.2) is 28.0 Å². The third-order valence-corrected chi connectivity index (χ3v) is 8.27. The van der Waals surface area contributed by atoms with Crippen LogP contribution in [0.3, 0.4) is 0 Å². The number of benzene rings is 2. The first-order valence-electron chi connectivity index (χ1n) is 7.89. The molecule has 0 radical (unpaired) electrons. The van der Waals surface area contributed by atoms with Gasteiger partial charge in [0.15, 0.2) is 0 Å². The molecule has 2 saturated heterocycles. The van der Waals surface area contributed by atoms with Gasteiger partial charge in [0.1, 0.15) is 0 Å². The third-order valence-electron chi connectivity index (χ3n) is 5.00. The van der Waals surface area contributed by atoms with Gasteiger partial charge in [-0.15, -0.1) is 0 Å². The third kappa shape index (κ3) is 2.00. The van der Waals surface area contributed by atoms with Crippen molar-refractivity contribution in [2.24, 2.45) is 0 Å². The van der Waals surface area contributed by atoms with Crippen LogP contribution in [0.2, 0.25) is 0 Å². The SMILES string of the molecule is O=P(c1ccccc1)(c1ccccc1)N1[C@H]2CC[C@@H]1[C@H](O)C2. The summed E-state index contributed by atoms with van der Waals surface area (Å²) < 4.78 is 16.4. The number of aliphatic hydroxyl groups excluding tert-OH is 1. The van der Waals surface area contributed by atoms with Crippen molar-refractivity contribution in [3.8, 4) is 0 Å². The lowest BCUT2D eigenvalue weighted by molar-refractivity contribution is 0.137. The molecule has 3 nitrogen and oxygen atoms in total. The van der Waals surface area contributed by atoms with Gasteiger partial charge in [-0.1, -0.05) is 36.4 Å². The molecule has 1 N–H and O–H groups in total. The summed E-state index contributed by atoms with van der Waals surface area (Å²) in [6.07, 6.45) is 2.37. The summed E-state index contributed by atoms with van der Waals surface area (Å²) in [7, 11) is -2.89. The van der Waals surface area contributed by atoms with Crippen molar-refractivity contribution in [1.29, 1.82) is 0 Å². The Morgan fingerprint density at radius 3 is 1.86 bits per heavy atom. The maximum Gasteiger partial charge on any atom is 0.207 e. The molecule has 2 bridgehead atoms. The van der Waals surface area contributed by atoms with Crippen molar-refractivity contribution in [2.45, 2.75) is 37.5 Å². The molecule has 2 heterocycles. The predicted molar refractivity (Wildman–Crippen MR) is 89.0 cm³/mol. The number of aliphatic hydroxyl groups is 1. The molecular formula is C18H20NO2P. The molecule has 0 amide bonds. The largest absolute Gasteiger partial charge is 0.391 e. The van der Waals surface area contributed by atoms with Crippen molar-refractivity contribution in [2.75, 3.05) is 0 Å². The van der Waals surface area contributed by atoms with Crippen LogP contribution in [0.4, 0.5) is 0 Å². The molecule has 0 unspecified atom stereocenters. The lowest BCUT2D eigenvalue weighted by Crippen LogP contribution is -2.37. The molecule has 2 aromatic carbocycles. The van der Waals surface area contributed by atoms with Crippen molar-refractivity contribution in [3.05, 3.63) is 60.7 Å². The fourth-order valence-corrected chi connectivity index (χ4v) is 7.38. The fourth-order valence-electron chi connectivity index (χ4n) is 4.04. The van der Waals surface area contributed by atoms with E-state index >= 15 is 0 Å². The van der Waals surface area contributed by atoms with E-state index in [1.54, 1.807) is 0 Å². The van der Waals surface area contributed by atoms with E-state index in [9.17, 15) is 9.67 Å². The molecule has 0 aliphatic carbocycles. The molecule has 22 heavy (non-hydrogen) atoms. The van der Waals surface area contributed by atoms with Gasteiger partial charge in [0, 0.05) is 22.7 Å². The zero-order valence-electron chi connectivity index (χ0n) is 12.4. The Balaban J connectivity index is 1.89. The Bertz CT molecular complexity index is 660. The highest BCUT2D eigenvalue weighted by molar-refractivity contribution is 7.76. The Morgan fingerprint density at radius 2 is 1.45 bits per heavy atom. The molecule has 2 aromatic rings. The van der Waals surface area contributed by atoms with Crippen LogP contribution >= 0.6 is 7.29 Å². The van der Waals surface area contributed by atoms with E-state index in [1.807, 2.05) is 60.7 Å². The maximum absolute atomic E-state index is 14.2. The van der Waals surface area contributed by atoms with Crippen molar-refractivity contribution >= 4 is 17.9 Å². The molecule has 0 spiro atoms. The molecule has 4 heteroatoms. The van der Waals surface area contributed by atoms with Crippen LogP contribution in [0.1, 0.15) is 19.3 Å². The molecule has 3 atom stereocenters. The van der Waals surface area contributed by atoms with Crippen molar-refractivity contribution in [3.63, 3.8) is 0 Å². The second-order valence-corrected chi connectivity index (χ2v) is 8.88. The Labute approximate surface area is 131 Å². The smallest absolute Gasteiger partial charge is 0.207 e. The number of nitrogens with zero attached hydrogens (tertiary/aromatic N) is 1. The Kier molecular flexibility index (Phi) is 3.45. The van der Waals surface area contributed by atoms with Gasteiger partial charge in [-0.2, -0.15) is 0 Å². The van der Waals surface area contributed by atoms with Gasteiger partial charge >= 0.3 is 0 Å². The quantitative estimate of drug-likeness (QED) is 0.885. The molecule has 2 aliphatic heterocycles. The van der Waals surface area contributed by atoms with Gasteiger partial charge in [-0.3, -0.25) is 4.57 Å². The molecule has 0 saturated carbocycles. The summed E-state index contributed by atoms with van der Waals surface area (Å²) in [5, 5.41) is 12.0. The first kappa shape index (κ1) is 14.2. The van der Waals surface area contributed by atoms with Gasteiger partial charge in [0.2, 0.25) is 7.29 Å². The summed E-state index contributed by atoms with van der Waals surface area (Å²) in [5.74, 6) is 0. The van der Waals surface area contributed by atoms with E-state index in [2.05, 4.69) is 4.67 Å². The van der Waals surface area contributed by atoms with Crippen LogP contribution in [0.25, 0.3) is 0 Å². The van der Waals surface area contributed by atoms with Gasteiger partial charge in [-0.25, -0.2) is 4.67 Å². The first-order chi connectivity index (χ1) is 10.7. The van der Waals surface area contributed by atoms with Crippen LogP contribution in [-0.2, 0) is 4.57 Å². The second kappa shape index (κ2) is 5.34. The summed E-state index contributed by atoms with van der Waals surface area (Å²) >= 11 is 0. The van der Waals surface area contributed by atoms with E-state index in [1.165, 1.54) is 0 Å². The van der Waals surface area contributed by atoms with E-state index in [0.29, 0.717) is 0 Å². The second-order valence-electron chi connectivity index (χ2n) is 6.23. The van der Waals surface area contributed by atoms with Crippen LogP contribution in [0.5, 0.6) is 0 Å². The number of hydrogen-bond donors (Lipinski definition) is 1. The number of rotatable bonds is 3. The number of hydrogen-bond acceptors (Lipinski definition) is 2. The minimum absolute atomic E-state index is 0.0243. The minimum atomic E-state index is -2.89. The molecule has 2 aliphatic rings. The molecule has 2 fully saturated rings. The Morgan fingerprint density at radius 1 is 0.909 bits per heavy atom. The van der Waals surface area contributed by atoms with Crippen molar-refractivity contribution in [1.82, 2.24) is 4.67 Å². The van der Waals surface area contributed by atoms with E-state index < -0.39 is 7.29 Å². The lowest BCUT2D eigenvalue weighted by atomic mass is 9.98. The zero-order chi connectivity index (χ0) is 15.2. The number of fused-ring (bicyclic) bond motifs is 2. The van der Waals surface area contributed by atoms with Crippen LogP contribution in [0, 0.1) is 0 Å². The minimum Gasteiger partial charge on any atom is -0.391 e. The van der Waals surface area contributed by atoms with Crippen molar-refractivity contribution < 1.29 is 9.67 Å².